The Kier molecular flexibility index (Phi) is 3.13. The number of benzene rings is 1. The number of nitrogens with zero attached hydrogens (tertiary/aromatic N) is 1. The summed E-state index contributed by atoms with van der Waals surface area (Å²) in [5.74, 6) is -0.412. The monoisotopic (exact) mass is 236 g/mol. The summed E-state index contributed by atoms with van der Waals surface area (Å²) in [7, 11) is 0. The van der Waals surface area contributed by atoms with Gasteiger partial charge in [-0.2, -0.15) is 0 Å². The molecule has 6 nitrogen and oxygen atoms in total. The van der Waals surface area contributed by atoms with Gasteiger partial charge in [-0.05, 0) is 18.6 Å². The molecule has 1 aromatic heterocycles. The largest absolute Gasteiger partial charge is 0.450 e. The molecule has 0 radical (unpaired) electrons. The minimum atomic E-state index is -0.811. The van der Waals surface area contributed by atoms with Crippen molar-refractivity contribution in [2.75, 3.05) is 6.61 Å². The predicted molar refractivity (Wildman–Crippen MR) is 60.6 cm³/mol. The molecule has 0 saturated carbocycles. The molecule has 2 aromatic rings. The zero-order valence-electron chi connectivity index (χ0n) is 9.09. The van der Waals surface area contributed by atoms with Crippen molar-refractivity contribution >= 4 is 17.2 Å². The predicted octanol–water partition coefficient (Wildman–Crippen LogP) is 1.08. The fourth-order valence-electron chi connectivity index (χ4n) is 1.62. The number of rotatable bonds is 4. The summed E-state index contributed by atoms with van der Waals surface area (Å²) >= 11 is 0. The molecule has 1 aromatic carbocycles. The number of aromatic nitrogens is 1. The first-order chi connectivity index (χ1) is 8.18. The molecule has 0 spiro atoms. The highest BCUT2D eigenvalue weighted by atomic mass is 16.5. The van der Waals surface area contributed by atoms with Gasteiger partial charge in [-0.1, -0.05) is 12.1 Å². The zero-order valence-corrected chi connectivity index (χ0v) is 9.09. The van der Waals surface area contributed by atoms with Gasteiger partial charge in [0.05, 0.1) is 12.1 Å². The number of carbonyl (C=O) groups is 1. The standard InChI is InChI=1S/C11H12N2O4/c12-10(14)16-7-3-6-13-8-4-1-2-5-9(8)17-11(13)15/h1-2,4-5H,3,6-7H2,(H2,12,14). The molecule has 0 aliphatic rings. The van der Waals surface area contributed by atoms with E-state index in [1.165, 1.54) is 4.57 Å². The van der Waals surface area contributed by atoms with E-state index in [1.54, 1.807) is 18.2 Å². The SMILES string of the molecule is NC(=O)OCCCn1c(=O)oc2ccccc21. The lowest BCUT2D eigenvalue weighted by Crippen LogP contribution is -2.18. The van der Waals surface area contributed by atoms with Crippen LogP contribution in [0.2, 0.25) is 0 Å². The fourth-order valence-corrected chi connectivity index (χ4v) is 1.62. The van der Waals surface area contributed by atoms with Gasteiger partial charge in [0.2, 0.25) is 0 Å². The van der Waals surface area contributed by atoms with Crippen LogP contribution in [0, 0.1) is 0 Å². The number of hydrogen-bond donors (Lipinski definition) is 1. The van der Waals surface area contributed by atoms with Crippen LogP contribution in [0.5, 0.6) is 0 Å². The Labute approximate surface area is 96.6 Å². The number of primary amides is 1. The van der Waals surface area contributed by atoms with E-state index in [9.17, 15) is 9.59 Å². The van der Waals surface area contributed by atoms with Crippen LogP contribution < -0.4 is 11.5 Å². The first-order valence-corrected chi connectivity index (χ1v) is 5.19. The zero-order chi connectivity index (χ0) is 12.3. The number of carbonyl (C=O) groups excluding carboxylic acids is 1. The van der Waals surface area contributed by atoms with Crippen LogP contribution >= 0.6 is 0 Å². The molecule has 1 heterocycles. The van der Waals surface area contributed by atoms with E-state index in [2.05, 4.69) is 4.74 Å². The number of amides is 1. The highest BCUT2D eigenvalue weighted by molar-refractivity contribution is 5.72. The van der Waals surface area contributed by atoms with E-state index < -0.39 is 11.8 Å². The van der Waals surface area contributed by atoms with Crippen LogP contribution in [-0.2, 0) is 11.3 Å². The highest BCUT2D eigenvalue weighted by Gasteiger charge is 2.07. The van der Waals surface area contributed by atoms with Crippen LogP contribution in [0.1, 0.15) is 6.42 Å². The molecule has 90 valence electrons. The van der Waals surface area contributed by atoms with Crippen molar-refractivity contribution in [3.8, 4) is 0 Å². The first kappa shape index (κ1) is 11.3. The summed E-state index contributed by atoms with van der Waals surface area (Å²) in [6.07, 6.45) is -0.304. The molecular formula is C11H12N2O4. The molecule has 17 heavy (non-hydrogen) atoms. The van der Waals surface area contributed by atoms with Gasteiger partial charge in [-0.25, -0.2) is 9.59 Å². The molecule has 0 atom stereocenters. The summed E-state index contributed by atoms with van der Waals surface area (Å²) < 4.78 is 11.1. The third kappa shape index (κ3) is 2.47. The van der Waals surface area contributed by atoms with E-state index in [0.717, 1.165) is 5.52 Å². The summed E-state index contributed by atoms with van der Waals surface area (Å²) in [4.78, 5) is 21.9. The van der Waals surface area contributed by atoms with E-state index >= 15 is 0 Å². The maximum atomic E-state index is 11.5. The van der Waals surface area contributed by atoms with Crippen molar-refractivity contribution in [2.45, 2.75) is 13.0 Å². The molecule has 0 unspecified atom stereocenters. The van der Waals surface area contributed by atoms with E-state index in [-0.39, 0.29) is 6.61 Å². The summed E-state index contributed by atoms with van der Waals surface area (Å²) in [5.41, 5.74) is 6.11. The summed E-state index contributed by atoms with van der Waals surface area (Å²) in [5, 5.41) is 0. The van der Waals surface area contributed by atoms with Gasteiger partial charge in [0.25, 0.3) is 0 Å². The number of oxazole rings is 1. The van der Waals surface area contributed by atoms with Crippen LogP contribution in [0.4, 0.5) is 4.79 Å². The number of nitrogens with two attached hydrogens (primary N) is 1. The Morgan fingerprint density at radius 2 is 2.18 bits per heavy atom. The van der Waals surface area contributed by atoms with E-state index in [1.807, 2.05) is 6.07 Å². The third-order valence-corrected chi connectivity index (χ3v) is 2.34. The Bertz CT molecular complexity index is 584. The number of para-hydroxylation sites is 2. The van der Waals surface area contributed by atoms with Gasteiger partial charge in [0.15, 0.2) is 5.58 Å². The number of aryl methyl sites for hydroxylation is 1. The topological polar surface area (TPSA) is 87.5 Å². The highest BCUT2D eigenvalue weighted by Crippen LogP contribution is 2.11. The number of fused-ring (bicyclic) bond motifs is 1. The molecule has 2 N–H and O–H groups in total. The van der Waals surface area contributed by atoms with Gasteiger partial charge in [-0.3, -0.25) is 4.57 Å². The average Bonchev–Trinajstić information content (AvgIpc) is 2.60. The maximum Gasteiger partial charge on any atom is 0.419 e. The van der Waals surface area contributed by atoms with Gasteiger partial charge < -0.3 is 14.9 Å². The summed E-state index contributed by atoms with van der Waals surface area (Å²) in [6, 6.07) is 7.15. The molecule has 0 fully saturated rings. The fraction of sp³-hybridized carbons (Fsp3) is 0.273. The molecule has 0 bridgehead atoms. The van der Waals surface area contributed by atoms with Crippen molar-refractivity contribution in [3.05, 3.63) is 34.8 Å². The third-order valence-electron chi connectivity index (χ3n) is 2.34. The lowest BCUT2D eigenvalue weighted by atomic mass is 10.3. The normalized spacial score (nSPS) is 10.6. The van der Waals surface area contributed by atoms with Crippen LogP contribution in [0.25, 0.3) is 11.1 Å². The second-order valence-corrected chi connectivity index (χ2v) is 3.51. The average molecular weight is 236 g/mol. The maximum absolute atomic E-state index is 11.5. The van der Waals surface area contributed by atoms with Crippen molar-refractivity contribution in [3.63, 3.8) is 0 Å². The molecule has 6 heteroatoms. The van der Waals surface area contributed by atoms with Crippen molar-refractivity contribution in [2.24, 2.45) is 5.73 Å². The van der Waals surface area contributed by atoms with Gasteiger partial charge in [0, 0.05) is 6.54 Å². The Morgan fingerprint density at radius 3 is 2.94 bits per heavy atom. The van der Waals surface area contributed by atoms with Gasteiger partial charge >= 0.3 is 11.8 Å². The Balaban J connectivity index is 2.10. The smallest absolute Gasteiger partial charge is 0.419 e. The number of ether oxygens (including phenoxy) is 1. The molecule has 1 amide bonds. The van der Waals surface area contributed by atoms with Crippen molar-refractivity contribution in [1.29, 1.82) is 0 Å². The second kappa shape index (κ2) is 4.73. The van der Waals surface area contributed by atoms with Crippen molar-refractivity contribution in [1.82, 2.24) is 4.57 Å². The Hall–Kier alpha value is -2.24. The molecule has 0 aliphatic carbocycles. The molecule has 0 saturated heterocycles. The summed E-state index contributed by atoms with van der Waals surface area (Å²) in [6.45, 7) is 0.602. The van der Waals surface area contributed by atoms with E-state index in [0.29, 0.717) is 18.5 Å². The van der Waals surface area contributed by atoms with Crippen molar-refractivity contribution < 1.29 is 13.9 Å². The first-order valence-electron chi connectivity index (χ1n) is 5.19. The minimum absolute atomic E-state index is 0.182. The van der Waals surface area contributed by atoms with Crippen LogP contribution in [0.15, 0.2) is 33.5 Å². The molecule has 2 rings (SSSR count). The second-order valence-electron chi connectivity index (χ2n) is 3.51. The van der Waals surface area contributed by atoms with Gasteiger partial charge in [0.1, 0.15) is 0 Å². The van der Waals surface area contributed by atoms with Crippen LogP contribution in [0.3, 0.4) is 0 Å². The van der Waals surface area contributed by atoms with E-state index in [4.69, 9.17) is 10.2 Å². The van der Waals surface area contributed by atoms with Crippen LogP contribution in [-0.4, -0.2) is 17.3 Å². The molecule has 0 aliphatic heterocycles. The lowest BCUT2D eigenvalue weighted by Gasteiger charge is -2.02. The minimum Gasteiger partial charge on any atom is -0.450 e. The lowest BCUT2D eigenvalue weighted by molar-refractivity contribution is 0.153. The Morgan fingerprint density at radius 1 is 1.41 bits per heavy atom. The van der Waals surface area contributed by atoms with Gasteiger partial charge in [-0.15, -0.1) is 0 Å². The number of hydrogen-bond acceptors (Lipinski definition) is 4. The molecular weight excluding hydrogens is 224 g/mol. The quantitative estimate of drug-likeness (QED) is 0.804.